The van der Waals surface area contributed by atoms with Gasteiger partial charge in [-0.05, 0) is 33.4 Å². The Bertz CT molecular complexity index is 554. The second-order valence-electron chi connectivity index (χ2n) is 3.89. The number of rotatable bonds is 3. The molecule has 94 valence electrons. The Morgan fingerprint density at radius 2 is 2.28 bits per heavy atom. The fraction of sp³-hybridized carbons (Fsp3) is 0.167. The lowest BCUT2D eigenvalue weighted by atomic mass is 10.2. The van der Waals surface area contributed by atoms with Crippen molar-refractivity contribution in [1.29, 1.82) is 0 Å². The fourth-order valence-electron chi connectivity index (χ4n) is 1.49. The molecule has 1 N–H and O–H groups in total. The number of nitrogens with zero attached hydrogens (tertiary/aromatic N) is 2. The summed E-state index contributed by atoms with van der Waals surface area (Å²) < 4.78 is 0.781. The highest BCUT2D eigenvalue weighted by Gasteiger charge is 2.15. The quantitative estimate of drug-likeness (QED) is 0.942. The normalized spacial score (nSPS) is 10.2. The zero-order valence-electron chi connectivity index (χ0n) is 9.98. The molecular formula is C12H12BrN3OS. The van der Waals surface area contributed by atoms with Crippen LogP contribution in [0, 0.1) is 0 Å². The molecule has 6 heteroatoms. The fourth-order valence-corrected chi connectivity index (χ4v) is 2.41. The minimum Gasteiger partial charge on any atom is -0.362 e. The average Bonchev–Trinajstić information content (AvgIpc) is 2.81. The van der Waals surface area contributed by atoms with Gasteiger partial charge in [-0.25, -0.2) is 4.98 Å². The molecule has 0 saturated carbocycles. The van der Waals surface area contributed by atoms with Gasteiger partial charge in [0.1, 0.15) is 5.82 Å². The minimum absolute atomic E-state index is 0.161. The van der Waals surface area contributed by atoms with Crippen molar-refractivity contribution in [2.75, 3.05) is 24.3 Å². The zero-order valence-corrected chi connectivity index (χ0v) is 12.4. The Kier molecular flexibility index (Phi) is 3.98. The molecule has 0 saturated heterocycles. The third kappa shape index (κ3) is 2.88. The number of hydrogen-bond acceptors (Lipinski definition) is 4. The highest BCUT2D eigenvalue weighted by atomic mass is 79.9. The van der Waals surface area contributed by atoms with Crippen molar-refractivity contribution in [1.82, 2.24) is 4.98 Å². The molecule has 1 amide bonds. The van der Waals surface area contributed by atoms with Gasteiger partial charge >= 0.3 is 0 Å². The number of halogens is 1. The number of carbonyl (C=O) groups is 1. The van der Waals surface area contributed by atoms with E-state index in [1.807, 2.05) is 35.8 Å². The summed E-state index contributed by atoms with van der Waals surface area (Å²) in [4.78, 5) is 18.3. The number of aromatic nitrogens is 1. The maximum Gasteiger partial charge on any atom is 0.259 e. The first-order valence-corrected chi connectivity index (χ1v) is 6.98. The van der Waals surface area contributed by atoms with Crippen molar-refractivity contribution in [3.05, 3.63) is 39.1 Å². The molecule has 0 radical (unpaired) electrons. The summed E-state index contributed by atoms with van der Waals surface area (Å²) in [6.45, 7) is 0. The lowest BCUT2D eigenvalue weighted by molar-refractivity contribution is 0.102. The summed E-state index contributed by atoms with van der Waals surface area (Å²) in [5.74, 6) is 0.483. The summed E-state index contributed by atoms with van der Waals surface area (Å²) in [6.07, 6.45) is 1.68. The largest absolute Gasteiger partial charge is 0.362 e. The standard InChI is InChI=1S/C12H12BrN3OS/c1-16(2)11-10(5-8(13)6-14-11)12(17)15-9-3-4-18-7-9/h3-7H,1-2H3,(H,15,17). The van der Waals surface area contributed by atoms with E-state index in [1.165, 1.54) is 0 Å². The molecule has 0 bridgehead atoms. The van der Waals surface area contributed by atoms with E-state index in [9.17, 15) is 4.79 Å². The Hall–Kier alpha value is -1.40. The Balaban J connectivity index is 2.31. The van der Waals surface area contributed by atoms with Gasteiger partial charge in [0.2, 0.25) is 0 Å². The molecule has 18 heavy (non-hydrogen) atoms. The van der Waals surface area contributed by atoms with Crippen LogP contribution in [0.2, 0.25) is 0 Å². The lowest BCUT2D eigenvalue weighted by Crippen LogP contribution is -2.19. The molecule has 0 aromatic carbocycles. The van der Waals surface area contributed by atoms with Gasteiger partial charge in [0, 0.05) is 30.1 Å². The van der Waals surface area contributed by atoms with Crippen molar-refractivity contribution in [3.8, 4) is 0 Å². The number of hydrogen-bond donors (Lipinski definition) is 1. The van der Waals surface area contributed by atoms with Gasteiger partial charge < -0.3 is 10.2 Å². The second-order valence-corrected chi connectivity index (χ2v) is 5.58. The predicted molar refractivity (Wildman–Crippen MR) is 78.5 cm³/mol. The molecule has 0 aliphatic carbocycles. The van der Waals surface area contributed by atoms with Crippen LogP contribution in [0.25, 0.3) is 0 Å². The minimum atomic E-state index is -0.161. The van der Waals surface area contributed by atoms with E-state index >= 15 is 0 Å². The first-order chi connectivity index (χ1) is 8.58. The van der Waals surface area contributed by atoms with Crippen molar-refractivity contribution in [2.45, 2.75) is 0 Å². The maximum atomic E-state index is 12.2. The SMILES string of the molecule is CN(C)c1ncc(Br)cc1C(=O)Nc1ccsc1. The predicted octanol–water partition coefficient (Wildman–Crippen LogP) is 3.22. The number of pyridine rings is 1. The highest BCUT2D eigenvalue weighted by Crippen LogP contribution is 2.22. The number of nitrogens with one attached hydrogen (secondary N) is 1. The van der Waals surface area contributed by atoms with Crippen LogP contribution in [0.5, 0.6) is 0 Å². The summed E-state index contributed by atoms with van der Waals surface area (Å²) >= 11 is 4.87. The van der Waals surface area contributed by atoms with Gasteiger partial charge in [-0.15, -0.1) is 0 Å². The average molecular weight is 326 g/mol. The van der Waals surface area contributed by atoms with E-state index in [0.29, 0.717) is 11.4 Å². The van der Waals surface area contributed by atoms with Gasteiger partial charge in [0.15, 0.2) is 0 Å². The van der Waals surface area contributed by atoms with E-state index in [2.05, 4.69) is 26.2 Å². The molecule has 0 aliphatic heterocycles. The van der Waals surface area contributed by atoms with Crippen molar-refractivity contribution < 1.29 is 4.79 Å². The number of carbonyl (C=O) groups excluding carboxylic acids is 1. The second kappa shape index (κ2) is 5.49. The molecule has 2 heterocycles. The molecule has 0 aliphatic rings. The highest BCUT2D eigenvalue weighted by molar-refractivity contribution is 9.10. The molecule has 0 atom stereocenters. The van der Waals surface area contributed by atoms with Crippen LogP contribution >= 0.6 is 27.3 Å². The van der Waals surface area contributed by atoms with Gasteiger partial charge in [-0.1, -0.05) is 0 Å². The lowest BCUT2D eigenvalue weighted by Gasteiger charge is -2.15. The monoisotopic (exact) mass is 325 g/mol. The number of thiophene rings is 1. The van der Waals surface area contributed by atoms with Crippen LogP contribution in [-0.2, 0) is 0 Å². The number of anilines is 2. The van der Waals surface area contributed by atoms with Gasteiger partial charge in [0.05, 0.1) is 11.3 Å². The van der Waals surface area contributed by atoms with Gasteiger partial charge in [-0.3, -0.25) is 4.79 Å². The Morgan fingerprint density at radius 3 is 2.89 bits per heavy atom. The van der Waals surface area contributed by atoms with Crippen LogP contribution in [0.1, 0.15) is 10.4 Å². The molecular weight excluding hydrogens is 314 g/mol. The number of amides is 1. The van der Waals surface area contributed by atoms with E-state index in [-0.39, 0.29) is 5.91 Å². The summed E-state index contributed by atoms with van der Waals surface area (Å²) in [6, 6.07) is 3.63. The molecule has 0 fully saturated rings. The van der Waals surface area contributed by atoms with E-state index in [0.717, 1.165) is 10.2 Å². The first-order valence-electron chi connectivity index (χ1n) is 5.24. The Labute approximate surface area is 118 Å². The summed E-state index contributed by atoms with van der Waals surface area (Å²) in [7, 11) is 3.72. The van der Waals surface area contributed by atoms with Crippen molar-refractivity contribution in [2.24, 2.45) is 0 Å². The van der Waals surface area contributed by atoms with Gasteiger partial charge in [0.25, 0.3) is 5.91 Å². The van der Waals surface area contributed by atoms with Gasteiger partial charge in [-0.2, -0.15) is 11.3 Å². The zero-order chi connectivity index (χ0) is 13.1. The van der Waals surface area contributed by atoms with Crippen LogP contribution in [0.15, 0.2) is 33.6 Å². The molecule has 0 unspecified atom stereocenters. The Morgan fingerprint density at radius 1 is 1.50 bits per heavy atom. The topological polar surface area (TPSA) is 45.2 Å². The maximum absolute atomic E-state index is 12.2. The first kappa shape index (κ1) is 13.0. The molecule has 2 aromatic rings. The van der Waals surface area contributed by atoms with Crippen molar-refractivity contribution in [3.63, 3.8) is 0 Å². The van der Waals surface area contributed by atoms with Crippen LogP contribution < -0.4 is 10.2 Å². The molecule has 2 rings (SSSR count). The summed E-state index contributed by atoms with van der Waals surface area (Å²) in [5, 5.41) is 6.65. The molecule has 0 spiro atoms. The smallest absolute Gasteiger partial charge is 0.259 e. The summed E-state index contributed by atoms with van der Waals surface area (Å²) in [5.41, 5.74) is 1.34. The third-order valence-electron chi connectivity index (χ3n) is 2.28. The van der Waals surface area contributed by atoms with E-state index < -0.39 is 0 Å². The van der Waals surface area contributed by atoms with Crippen LogP contribution in [0.3, 0.4) is 0 Å². The molecule has 4 nitrogen and oxygen atoms in total. The van der Waals surface area contributed by atoms with E-state index in [1.54, 1.807) is 23.6 Å². The molecule has 2 aromatic heterocycles. The van der Waals surface area contributed by atoms with Crippen LogP contribution in [0.4, 0.5) is 11.5 Å². The third-order valence-corrected chi connectivity index (χ3v) is 3.40. The van der Waals surface area contributed by atoms with Crippen LogP contribution in [-0.4, -0.2) is 25.0 Å². The van der Waals surface area contributed by atoms with E-state index in [4.69, 9.17) is 0 Å². The van der Waals surface area contributed by atoms with Crippen molar-refractivity contribution >= 4 is 44.7 Å².